The second-order valence-corrected chi connectivity index (χ2v) is 3.13. The van der Waals surface area contributed by atoms with Gasteiger partial charge in [-0.05, 0) is 31.0 Å². The van der Waals surface area contributed by atoms with Crippen LogP contribution in [0.4, 0.5) is 0 Å². The van der Waals surface area contributed by atoms with Crippen molar-refractivity contribution in [3.05, 3.63) is 33.8 Å². The number of benzene rings is 1. The summed E-state index contributed by atoms with van der Waals surface area (Å²) in [6.45, 7) is 2.44. The maximum Gasteiger partial charge on any atom is 0.115 e. The molecular formula is C10H8Cl2O. The van der Waals surface area contributed by atoms with Crippen molar-refractivity contribution in [1.82, 2.24) is 0 Å². The van der Waals surface area contributed by atoms with Gasteiger partial charge in [-0.3, -0.25) is 0 Å². The fraction of sp³-hybridized carbons (Fsp3) is 0.200. The van der Waals surface area contributed by atoms with Crippen LogP contribution in [0.2, 0.25) is 10.0 Å². The van der Waals surface area contributed by atoms with Gasteiger partial charge in [-0.2, -0.15) is 0 Å². The average Bonchev–Trinajstić information content (AvgIpc) is 2.09. The average molecular weight is 215 g/mol. The van der Waals surface area contributed by atoms with E-state index in [9.17, 15) is 0 Å². The van der Waals surface area contributed by atoms with Crippen LogP contribution in [0.3, 0.4) is 0 Å². The van der Waals surface area contributed by atoms with Crippen LogP contribution in [0.1, 0.15) is 12.5 Å². The fourth-order valence-corrected chi connectivity index (χ4v) is 1.21. The number of ether oxygens (including phenoxy) is 1. The summed E-state index contributed by atoms with van der Waals surface area (Å²) in [6, 6.07) is 5.15. The van der Waals surface area contributed by atoms with Gasteiger partial charge in [0.15, 0.2) is 0 Å². The van der Waals surface area contributed by atoms with Gasteiger partial charge in [-0.15, -0.1) is 0 Å². The van der Waals surface area contributed by atoms with Crippen LogP contribution < -0.4 is 0 Å². The molecule has 68 valence electrons. The lowest BCUT2D eigenvalue weighted by atomic mass is 10.2. The highest BCUT2D eigenvalue weighted by molar-refractivity contribution is 6.35. The number of hydrogen-bond donors (Lipinski definition) is 0. The topological polar surface area (TPSA) is 9.23 Å². The van der Waals surface area contributed by atoms with Gasteiger partial charge >= 0.3 is 0 Å². The maximum atomic E-state index is 5.87. The van der Waals surface area contributed by atoms with Gasteiger partial charge in [0.05, 0.1) is 11.6 Å². The smallest absolute Gasteiger partial charge is 0.115 e. The van der Waals surface area contributed by atoms with Crippen LogP contribution in [0.5, 0.6) is 0 Å². The third-order valence-electron chi connectivity index (χ3n) is 1.33. The Morgan fingerprint density at radius 2 is 2.15 bits per heavy atom. The van der Waals surface area contributed by atoms with Crippen LogP contribution in [0.15, 0.2) is 18.2 Å². The second kappa shape index (κ2) is 5.01. The molecule has 0 aliphatic rings. The Labute approximate surface area is 87.6 Å². The summed E-state index contributed by atoms with van der Waals surface area (Å²) in [5.41, 5.74) is 0.722. The molecule has 0 heterocycles. The van der Waals surface area contributed by atoms with E-state index in [4.69, 9.17) is 27.9 Å². The zero-order valence-corrected chi connectivity index (χ0v) is 8.62. The molecule has 0 unspecified atom stereocenters. The zero-order valence-electron chi connectivity index (χ0n) is 7.10. The van der Waals surface area contributed by atoms with Crippen LogP contribution in [0.25, 0.3) is 0 Å². The summed E-state index contributed by atoms with van der Waals surface area (Å²) in [4.78, 5) is 0. The first-order chi connectivity index (χ1) is 6.24. The van der Waals surface area contributed by atoms with Gasteiger partial charge in [0.25, 0.3) is 0 Å². The van der Waals surface area contributed by atoms with Crippen LogP contribution in [0, 0.1) is 12.0 Å². The molecule has 1 aromatic rings. The third-order valence-corrected chi connectivity index (χ3v) is 1.88. The largest absolute Gasteiger partial charge is 0.447 e. The molecule has 0 saturated carbocycles. The normalized spacial score (nSPS) is 8.85. The minimum Gasteiger partial charge on any atom is -0.447 e. The first-order valence-electron chi connectivity index (χ1n) is 3.82. The van der Waals surface area contributed by atoms with E-state index in [2.05, 4.69) is 12.0 Å². The zero-order chi connectivity index (χ0) is 9.68. The van der Waals surface area contributed by atoms with Gasteiger partial charge in [-0.25, -0.2) is 0 Å². The first-order valence-corrected chi connectivity index (χ1v) is 4.57. The Morgan fingerprint density at radius 3 is 2.77 bits per heavy atom. The van der Waals surface area contributed by atoms with Crippen molar-refractivity contribution in [3.8, 4) is 12.0 Å². The van der Waals surface area contributed by atoms with Crippen molar-refractivity contribution >= 4 is 23.2 Å². The van der Waals surface area contributed by atoms with Gasteiger partial charge in [-0.1, -0.05) is 23.2 Å². The van der Waals surface area contributed by atoms with E-state index in [1.165, 1.54) is 0 Å². The van der Waals surface area contributed by atoms with Crippen molar-refractivity contribution in [2.24, 2.45) is 0 Å². The molecule has 1 rings (SSSR count). The van der Waals surface area contributed by atoms with Crippen LogP contribution >= 0.6 is 23.2 Å². The Balaban J connectivity index is 2.85. The van der Waals surface area contributed by atoms with E-state index in [1.54, 1.807) is 18.2 Å². The summed E-state index contributed by atoms with van der Waals surface area (Å²) < 4.78 is 4.87. The number of rotatable bonds is 1. The molecule has 1 aromatic carbocycles. The molecule has 0 aliphatic carbocycles. The molecular weight excluding hydrogens is 207 g/mol. The molecule has 3 heteroatoms. The Hall–Kier alpha value is -0.840. The summed E-state index contributed by atoms with van der Waals surface area (Å²) in [5, 5.41) is 1.15. The molecule has 1 nitrogen and oxygen atoms in total. The molecule has 0 saturated heterocycles. The Morgan fingerprint density at radius 1 is 1.38 bits per heavy atom. The predicted octanol–water partition coefficient (Wildman–Crippen LogP) is 3.34. The van der Waals surface area contributed by atoms with Crippen LogP contribution in [-0.2, 0) is 4.74 Å². The van der Waals surface area contributed by atoms with Gasteiger partial charge in [0, 0.05) is 10.6 Å². The standard InChI is InChI=1S/C10H8Cl2O/c1-2-13-6-5-8-3-4-9(11)7-10(8)12/h3-4,7H,2H2,1H3. The van der Waals surface area contributed by atoms with Crippen molar-refractivity contribution in [2.45, 2.75) is 6.92 Å². The lowest BCUT2D eigenvalue weighted by molar-refractivity contribution is 0.299. The SMILES string of the molecule is CCOC#Cc1ccc(Cl)cc1Cl. The van der Waals surface area contributed by atoms with Crippen molar-refractivity contribution in [3.63, 3.8) is 0 Å². The molecule has 0 bridgehead atoms. The van der Waals surface area contributed by atoms with Crippen molar-refractivity contribution in [2.75, 3.05) is 6.61 Å². The lowest BCUT2D eigenvalue weighted by Crippen LogP contribution is -1.80. The van der Waals surface area contributed by atoms with E-state index < -0.39 is 0 Å². The highest BCUT2D eigenvalue weighted by Gasteiger charge is 1.96. The van der Waals surface area contributed by atoms with E-state index in [1.807, 2.05) is 6.92 Å². The molecule has 0 spiro atoms. The minimum atomic E-state index is 0.541. The quantitative estimate of drug-likeness (QED) is 0.652. The van der Waals surface area contributed by atoms with E-state index in [0.717, 1.165) is 5.56 Å². The minimum absolute atomic E-state index is 0.541. The second-order valence-electron chi connectivity index (χ2n) is 2.28. The van der Waals surface area contributed by atoms with Gasteiger partial charge < -0.3 is 4.74 Å². The molecule has 0 fully saturated rings. The summed E-state index contributed by atoms with van der Waals surface area (Å²) in [7, 11) is 0. The number of hydrogen-bond acceptors (Lipinski definition) is 1. The molecule has 0 amide bonds. The Bertz CT molecular complexity index is 350. The number of halogens is 2. The molecule has 0 aliphatic heterocycles. The van der Waals surface area contributed by atoms with E-state index >= 15 is 0 Å². The van der Waals surface area contributed by atoms with Gasteiger partial charge in [0.2, 0.25) is 0 Å². The first kappa shape index (κ1) is 10.2. The monoisotopic (exact) mass is 214 g/mol. The summed E-state index contributed by atoms with van der Waals surface area (Å²) in [6.07, 6.45) is 2.53. The third kappa shape index (κ3) is 3.18. The predicted molar refractivity (Wildman–Crippen MR) is 55.0 cm³/mol. The van der Waals surface area contributed by atoms with Crippen molar-refractivity contribution < 1.29 is 4.74 Å². The summed E-state index contributed by atoms with van der Waals surface area (Å²) >= 11 is 11.6. The highest BCUT2D eigenvalue weighted by atomic mass is 35.5. The molecule has 0 atom stereocenters. The molecule has 0 N–H and O–H groups in total. The van der Waals surface area contributed by atoms with Crippen molar-refractivity contribution in [1.29, 1.82) is 0 Å². The van der Waals surface area contributed by atoms with E-state index in [-0.39, 0.29) is 0 Å². The lowest BCUT2D eigenvalue weighted by Gasteiger charge is -1.95. The summed E-state index contributed by atoms with van der Waals surface area (Å²) in [5.74, 6) is 2.78. The maximum absolute atomic E-state index is 5.87. The molecule has 0 radical (unpaired) electrons. The van der Waals surface area contributed by atoms with Crippen LogP contribution in [-0.4, -0.2) is 6.61 Å². The fourth-order valence-electron chi connectivity index (χ4n) is 0.754. The molecule has 13 heavy (non-hydrogen) atoms. The highest BCUT2D eigenvalue weighted by Crippen LogP contribution is 2.19. The van der Waals surface area contributed by atoms with Gasteiger partial charge in [0.1, 0.15) is 6.11 Å². The van der Waals surface area contributed by atoms with E-state index in [0.29, 0.717) is 16.7 Å². The Kier molecular flexibility index (Phi) is 3.95. The molecule has 0 aromatic heterocycles.